The van der Waals surface area contributed by atoms with E-state index >= 15 is 0 Å². The van der Waals surface area contributed by atoms with Crippen molar-refractivity contribution in [3.8, 4) is 17.2 Å². The van der Waals surface area contributed by atoms with Gasteiger partial charge in [-0.05, 0) is 89.0 Å². The van der Waals surface area contributed by atoms with Gasteiger partial charge in [0.25, 0.3) is 0 Å². The van der Waals surface area contributed by atoms with Crippen molar-refractivity contribution in [2.45, 2.75) is 99.0 Å². The molecule has 0 saturated heterocycles. The lowest BCUT2D eigenvalue weighted by molar-refractivity contribution is -0.0504. The van der Waals surface area contributed by atoms with E-state index in [0.29, 0.717) is 36.0 Å². The molecule has 0 saturated carbocycles. The topological polar surface area (TPSA) is 130 Å². The molecule has 21 heteroatoms. The molecule has 3 aliphatic rings. The highest BCUT2D eigenvalue weighted by Crippen LogP contribution is 2.85. The summed E-state index contributed by atoms with van der Waals surface area (Å²) in [5.74, 6) is -2.23. The van der Waals surface area contributed by atoms with E-state index in [9.17, 15) is 64.8 Å². The summed E-state index contributed by atoms with van der Waals surface area (Å²) in [4.78, 5) is 0. The van der Waals surface area contributed by atoms with Gasteiger partial charge in [0, 0.05) is 21.7 Å². The minimum absolute atomic E-state index is 0.150. The first-order valence-electron chi connectivity index (χ1n) is 17.1. The van der Waals surface area contributed by atoms with Gasteiger partial charge in [0.05, 0.1) is 0 Å². The van der Waals surface area contributed by atoms with E-state index in [2.05, 4.69) is 12.5 Å². The molecule has 0 fully saturated rings. The maximum atomic E-state index is 13.5. The van der Waals surface area contributed by atoms with Crippen LogP contribution in [-0.4, -0.2) is 41.8 Å². The maximum absolute atomic E-state index is 13.5. The molecular formula is C35H33F9O9S3. The Hall–Kier alpha value is -3.72. The van der Waals surface area contributed by atoms with E-state index in [1.807, 2.05) is 6.92 Å². The first kappa shape index (κ1) is 41.9. The maximum Gasteiger partial charge on any atom is 0.534 e. The van der Waals surface area contributed by atoms with Gasteiger partial charge in [-0.3, -0.25) is 0 Å². The van der Waals surface area contributed by atoms with Crippen LogP contribution in [-0.2, 0) is 46.6 Å². The van der Waals surface area contributed by atoms with Crippen LogP contribution in [0.2, 0.25) is 0 Å². The zero-order valence-electron chi connectivity index (χ0n) is 29.7. The van der Waals surface area contributed by atoms with Gasteiger partial charge in [-0.15, -0.1) is 0 Å². The Labute approximate surface area is 316 Å². The van der Waals surface area contributed by atoms with Crippen LogP contribution in [0.15, 0.2) is 54.6 Å². The van der Waals surface area contributed by atoms with Crippen LogP contribution in [0.3, 0.4) is 0 Å². The second-order valence-electron chi connectivity index (χ2n) is 14.2. The molecule has 308 valence electrons. The molecular weight excluding hydrogens is 832 g/mol. The second-order valence-corrected chi connectivity index (χ2v) is 18.8. The third-order valence-corrected chi connectivity index (χ3v) is 14.6. The monoisotopic (exact) mass is 864 g/mol. The van der Waals surface area contributed by atoms with Crippen LogP contribution in [0.1, 0.15) is 99.6 Å². The summed E-state index contributed by atoms with van der Waals surface area (Å²) in [6.07, 6.45) is 1.45. The van der Waals surface area contributed by atoms with Crippen LogP contribution in [0.5, 0.6) is 17.2 Å². The molecule has 0 radical (unpaired) electrons. The van der Waals surface area contributed by atoms with Crippen molar-refractivity contribution in [1.82, 2.24) is 0 Å². The first-order valence-corrected chi connectivity index (χ1v) is 21.3. The summed E-state index contributed by atoms with van der Waals surface area (Å²) in [6, 6.07) is 10.4. The van der Waals surface area contributed by atoms with Crippen LogP contribution < -0.4 is 12.5 Å². The van der Waals surface area contributed by atoms with Gasteiger partial charge in [-0.2, -0.15) is 64.8 Å². The van der Waals surface area contributed by atoms with Gasteiger partial charge in [-0.1, -0.05) is 65.2 Å². The summed E-state index contributed by atoms with van der Waals surface area (Å²) in [5, 5.41) is 0. The predicted molar refractivity (Wildman–Crippen MR) is 181 cm³/mol. The molecule has 3 aromatic rings. The fourth-order valence-electron chi connectivity index (χ4n) is 10.3. The molecule has 0 spiro atoms. The Kier molecular flexibility index (Phi) is 9.46. The number of hydrogen-bond donors (Lipinski definition) is 0. The highest BCUT2D eigenvalue weighted by Gasteiger charge is 2.82. The van der Waals surface area contributed by atoms with Crippen molar-refractivity contribution in [1.29, 1.82) is 0 Å². The molecule has 0 unspecified atom stereocenters. The highest BCUT2D eigenvalue weighted by molar-refractivity contribution is 7.88. The first-order chi connectivity index (χ1) is 25.6. The average molecular weight is 865 g/mol. The molecule has 3 atom stereocenters. The Bertz CT molecular complexity index is 2180. The van der Waals surface area contributed by atoms with Crippen molar-refractivity contribution in [3.05, 3.63) is 88.0 Å². The van der Waals surface area contributed by atoms with E-state index in [1.54, 1.807) is 20.8 Å². The summed E-state index contributed by atoms with van der Waals surface area (Å²) < 4.78 is 209. The molecule has 9 nitrogen and oxygen atoms in total. The van der Waals surface area contributed by atoms with Crippen LogP contribution in [0.25, 0.3) is 0 Å². The van der Waals surface area contributed by atoms with Crippen molar-refractivity contribution < 1.29 is 77.3 Å². The summed E-state index contributed by atoms with van der Waals surface area (Å²) in [7, 11) is -18.6. The quantitative estimate of drug-likeness (QED) is 0.0995. The number of halogens is 9. The minimum atomic E-state index is -6.20. The van der Waals surface area contributed by atoms with E-state index in [-0.39, 0.29) is 36.0 Å². The molecule has 0 amide bonds. The van der Waals surface area contributed by atoms with E-state index in [4.69, 9.17) is 0 Å². The van der Waals surface area contributed by atoms with Crippen molar-refractivity contribution in [2.75, 3.05) is 0 Å². The zero-order valence-corrected chi connectivity index (χ0v) is 32.2. The lowest BCUT2D eigenvalue weighted by Gasteiger charge is -2.53. The number of alkyl halides is 9. The highest BCUT2D eigenvalue weighted by atomic mass is 32.2. The van der Waals surface area contributed by atoms with Crippen molar-refractivity contribution in [2.24, 2.45) is 5.41 Å². The third kappa shape index (κ3) is 5.27. The number of fused-ring (bicyclic) bond motifs is 9. The SMILES string of the molecule is CCC[C@@]12c3ccc(OS(=O)(=O)C(F)(F)F)cc3[C@@]3(CCC)c4ccc(OS(=O)(=O)C(F)(F)F)cc4[C@@](CCC)(c4ccc(OS(=O)(=O)C(F)(F)F)cc41)C23C. The van der Waals surface area contributed by atoms with Crippen molar-refractivity contribution in [3.63, 3.8) is 0 Å². The lowest BCUT2D eigenvalue weighted by Crippen LogP contribution is -2.54. The largest absolute Gasteiger partial charge is 0.534 e. The van der Waals surface area contributed by atoms with Gasteiger partial charge in [-0.25, -0.2) is 0 Å². The second kappa shape index (κ2) is 12.6. The Morgan fingerprint density at radius 2 is 0.679 bits per heavy atom. The predicted octanol–water partition coefficient (Wildman–Crippen LogP) is 8.98. The van der Waals surface area contributed by atoms with Gasteiger partial charge < -0.3 is 12.5 Å². The fourth-order valence-corrected chi connectivity index (χ4v) is 11.6. The van der Waals surface area contributed by atoms with Crippen LogP contribution >= 0.6 is 0 Å². The lowest BCUT2D eigenvalue weighted by atomic mass is 9.48. The molecule has 0 heterocycles. The molecule has 3 aromatic carbocycles. The van der Waals surface area contributed by atoms with Gasteiger partial charge >= 0.3 is 46.9 Å². The number of hydrogen-bond acceptors (Lipinski definition) is 9. The summed E-state index contributed by atoms with van der Waals surface area (Å²) >= 11 is 0. The van der Waals surface area contributed by atoms with E-state index in [0.717, 1.165) is 36.4 Å². The van der Waals surface area contributed by atoms with Gasteiger partial charge in [0.2, 0.25) is 0 Å². The number of benzene rings is 3. The Morgan fingerprint density at radius 1 is 0.446 bits per heavy atom. The smallest absolute Gasteiger partial charge is 0.376 e. The molecule has 0 N–H and O–H groups in total. The Balaban J connectivity index is 1.79. The summed E-state index contributed by atoms with van der Waals surface area (Å²) in [6.45, 7) is 7.14. The standard InChI is InChI=1S/C35H33F9O9S3/c1-5-14-30-23-11-8-21(52-55(47,48)34(39,40)41)18-27(23)32(16-7-3)25-13-10-22(53-56(49,50)35(42,43)44)19-28(25)31(15-6-2,29(30,32)4)24-12-9-20(17-26(24)30)51-54(45,46)33(36,37)38/h8-13,17-19H,5-7,14-16H2,1-4H3/t29?,30-,31-,32-/m1/s1. The van der Waals surface area contributed by atoms with E-state index < -0.39 is 85.8 Å². The van der Waals surface area contributed by atoms with Gasteiger partial charge in [0.1, 0.15) is 17.2 Å². The normalized spacial score (nSPS) is 25.7. The van der Waals surface area contributed by atoms with Gasteiger partial charge in [0.15, 0.2) is 0 Å². The molecule has 6 rings (SSSR count). The fraction of sp³-hybridized carbons (Fsp3) is 0.486. The van der Waals surface area contributed by atoms with Crippen molar-refractivity contribution >= 4 is 30.4 Å². The minimum Gasteiger partial charge on any atom is -0.376 e. The third-order valence-electron chi connectivity index (χ3n) is 11.6. The summed E-state index contributed by atoms with van der Waals surface area (Å²) in [5.41, 5.74) is -21.1. The molecule has 3 aliphatic carbocycles. The molecule has 0 bridgehead atoms. The van der Waals surface area contributed by atoms with E-state index in [1.165, 1.54) is 18.2 Å². The molecule has 0 aromatic heterocycles. The van der Waals surface area contributed by atoms with Crippen LogP contribution in [0.4, 0.5) is 39.5 Å². The Morgan fingerprint density at radius 3 is 0.875 bits per heavy atom. The van der Waals surface area contributed by atoms with Crippen LogP contribution in [0, 0.1) is 5.41 Å². The average Bonchev–Trinajstić information content (AvgIpc) is 3.45. The zero-order chi connectivity index (χ0) is 41.9. The number of rotatable bonds is 12. The molecule has 0 aliphatic heterocycles. The molecule has 56 heavy (non-hydrogen) atoms.